The van der Waals surface area contributed by atoms with Crippen LogP contribution in [0.3, 0.4) is 0 Å². The average Bonchev–Trinajstić information content (AvgIpc) is 2.90. The zero-order valence-electron chi connectivity index (χ0n) is 21.7. The van der Waals surface area contributed by atoms with Gasteiger partial charge in [-0.15, -0.1) is 6.58 Å². The molecular formula is C30H28Cl2N2O5. The van der Waals surface area contributed by atoms with Gasteiger partial charge < -0.3 is 19.9 Å². The lowest BCUT2D eigenvalue weighted by molar-refractivity contribution is 0.0697. The number of halogens is 2. The van der Waals surface area contributed by atoms with Crippen molar-refractivity contribution >= 4 is 40.1 Å². The van der Waals surface area contributed by atoms with Crippen LogP contribution in [0, 0.1) is 13.8 Å². The Morgan fingerprint density at radius 1 is 1.08 bits per heavy atom. The molecule has 2 heterocycles. The Morgan fingerprint density at radius 2 is 1.77 bits per heavy atom. The van der Waals surface area contributed by atoms with Gasteiger partial charge in [-0.1, -0.05) is 29.3 Å². The van der Waals surface area contributed by atoms with E-state index in [4.69, 9.17) is 27.6 Å². The molecule has 5 rings (SSSR count). The third-order valence-corrected chi connectivity index (χ3v) is 8.02. The summed E-state index contributed by atoms with van der Waals surface area (Å²) < 4.78 is 6.53. The van der Waals surface area contributed by atoms with Crippen molar-refractivity contribution in [1.82, 2.24) is 10.2 Å². The lowest BCUT2D eigenvalue weighted by Gasteiger charge is -2.28. The van der Waals surface area contributed by atoms with Gasteiger partial charge in [0.15, 0.2) is 5.43 Å². The molecule has 0 atom stereocenters. The van der Waals surface area contributed by atoms with E-state index in [0.717, 1.165) is 26.2 Å². The molecule has 0 saturated carbocycles. The van der Waals surface area contributed by atoms with Gasteiger partial charge in [0, 0.05) is 54.8 Å². The first kappa shape index (κ1) is 27.2. The van der Waals surface area contributed by atoms with Crippen LogP contribution in [0.4, 0.5) is 0 Å². The fourth-order valence-corrected chi connectivity index (χ4v) is 5.68. The number of nitrogens with one attached hydrogen (secondary N) is 1. The van der Waals surface area contributed by atoms with Gasteiger partial charge in [-0.05, 0) is 61.2 Å². The number of nitrogens with zero attached hydrogens (tertiary/aromatic N) is 1. The van der Waals surface area contributed by atoms with E-state index in [-0.39, 0.29) is 33.2 Å². The zero-order valence-corrected chi connectivity index (χ0v) is 23.2. The number of allylic oxidation sites excluding steroid dienone is 1. The molecule has 0 aromatic heterocycles. The Labute approximate surface area is 235 Å². The second kappa shape index (κ2) is 10.7. The topological polar surface area (TPSA) is 103 Å². The molecule has 3 N–H and O–H groups in total. The maximum absolute atomic E-state index is 13.2. The van der Waals surface area contributed by atoms with Crippen molar-refractivity contribution in [2.75, 3.05) is 26.2 Å². The van der Waals surface area contributed by atoms with Gasteiger partial charge in [0.1, 0.15) is 17.1 Å². The lowest BCUT2D eigenvalue weighted by atomic mass is 9.86. The monoisotopic (exact) mass is 566 g/mol. The minimum absolute atomic E-state index is 0.0401. The number of benzene rings is 3. The second-order valence-corrected chi connectivity index (χ2v) is 10.7. The van der Waals surface area contributed by atoms with Crippen LogP contribution in [0.15, 0.2) is 46.1 Å². The number of carboxylic acids is 1. The summed E-state index contributed by atoms with van der Waals surface area (Å²) in [5.74, 6) is -0.756. The van der Waals surface area contributed by atoms with Crippen LogP contribution >= 0.6 is 23.2 Å². The molecule has 0 bridgehead atoms. The predicted octanol–water partition coefficient (Wildman–Crippen LogP) is 6.03. The Hall–Kier alpha value is -3.36. The summed E-state index contributed by atoms with van der Waals surface area (Å²) in [6, 6.07) is 6.37. The number of rotatable bonds is 6. The van der Waals surface area contributed by atoms with Crippen molar-refractivity contribution in [3.05, 3.63) is 85.0 Å². The molecule has 3 aliphatic rings. The lowest BCUT2D eigenvalue weighted by Crippen LogP contribution is -2.42. The van der Waals surface area contributed by atoms with E-state index in [1.54, 1.807) is 32.1 Å². The summed E-state index contributed by atoms with van der Waals surface area (Å²) in [4.78, 5) is 27.9. The molecular weight excluding hydrogens is 539 g/mol. The number of aromatic hydroxyl groups is 1. The average molecular weight is 567 g/mol. The first-order chi connectivity index (χ1) is 18.6. The number of hydrogen-bond donors (Lipinski definition) is 3. The van der Waals surface area contributed by atoms with Crippen molar-refractivity contribution in [3.8, 4) is 28.2 Å². The molecule has 9 heteroatoms. The molecule has 1 fully saturated rings. The number of hydrogen-bond acceptors (Lipinski definition) is 6. The summed E-state index contributed by atoms with van der Waals surface area (Å²) >= 11 is 12.7. The van der Waals surface area contributed by atoms with Crippen molar-refractivity contribution in [1.29, 1.82) is 0 Å². The predicted molar refractivity (Wildman–Crippen MR) is 155 cm³/mol. The number of aryl methyl sites for hydroxylation is 2. The highest BCUT2D eigenvalue weighted by Crippen LogP contribution is 2.47. The van der Waals surface area contributed by atoms with Crippen LogP contribution in [0.1, 0.15) is 32.6 Å². The van der Waals surface area contributed by atoms with E-state index in [9.17, 15) is 19.8 Å². The molecule has 2 aliphatic heterocycles. The van der Waals surface area contributed by atoms with Crippen molar-refractivity contribution in [2.45, 2.75) is 26.8 Å². The molecule has 0 radical (unpaired) electrons. The van der Waals surface area contributed by atoms with E-state index in [1.165, 1.54) is 12.1 Å². The third kappa shape index (κ3) is 4.80. The minimum Gasteiger partial charge on any atom is -0.507 e. The maximum Gasteiger partial charge on any atom is 0.336 e. The van der Waals surface area contributed by atoms with Gasteiger partial charge in [-0.2, -0.15) is 0 Å². The number of phenolic OH excluding ortho intramolecular Hbond substituents is 1. The van der Waals surface area contributed by atoms with E-state index >= 15 is 0 Å². The number of aromatic carboxylic acids is 1. The van der Waals surface area contributed by atoms with Gasteiger partial charge in [0.05, 0.1) is 21.2 Å². The molecule has 0 spiro atoms. The highest BCUT2D eigenvalue weighted by Gasteiger charge is 2.29. The van der Waals surface area contributed by atoms with Crippen molar-refractivity contribution < 1.29 is 19.4 Å². The summed E-state index contributed by atoms with van der Waals surface area (Å²) in [6.45, 7) is 11.0. The number of fused-ring (bicyclic) bond motifs is 2. The van der Waals surface area contributed by atoms with Crippen LogP contribution in [-0.4, -0.2) is 47.3 Å². The number of phenols is 1. The van der Waals surface area contributed by atoms with Gasteiger partial charge in [0.2, 0.25) is 0 Å². The van der Waals surface area contributed by atoms with E-state index in [0.29, 0.717) is 62.2 Å². The molecule has 2 aromatic carbocycles. The van der Waals surface area contributed by atoms with Crippen LogP contribution in [-0.2, 0) is 13.0 Å². The number of piperazine rings is 1. The number of carboxylic acid groups (broad SMARTS) is 1. The third-order valence-electron chi connectivity index (χ3n) is 7.29. The fourth-order valence-electron chi connectivity index (χ4n) is 5.35. The smallest absolute Gasteiger partial charge is 0.336 e. The summed E-state index contributed by atoms with van der Waals surface area (Å²) in [5, 5.41) is 25.6. The van der Waals surface area contributed by atoms with Crippen LogP contribution in [0.5, 0.6) is 5.75 Å². The first-order valence-electron chi connectivity index (χ1n) is 12.6. The maximum atomic E-state index is 13.2. The molecule has 1 saturated heterocycles. The van der Waals surface area contributed by atoms with E-state index < -0.39 is 5.97 Å². The van der Waals surface area contributed by atoms with Crippen molar-refractivity contribution in [3.63, 3.8) is 0 Å². The summed E-state index contributed by atoms with van der Waals surface area (Å²) in [7, 11) is 0. The standard InChI is InChI=1S/C30H28Cl2N2O5/c1-4-5-17-26(35)15(2)10-20-25(18-12-23(31)24(32)13-19(18)30(37)38)21-11-16(3)27(36)22(29(21)39-28(17)20)14-34-8-6-33-7-9-34/h4,10-13,33,36H,1,5-9,14H2,2-3H3,(H,37,38). The quantitative estimate of drug-likeness (QED) is 0.193. The first-order valence-corrected chi connectivity index (χ1v) is 13.4. The highest BCUT2D eigenvalue weighted by molar-refractivity contribution is 6.42. The van der Waals surface area contributed by atoms with Crippen LogP contribution in [0.2, 0.25) is 10.0 Å². The largest absolute Gasteiger partial charge is 0.507 e. The molecule has 0 amide bonds. The van der Waals surface area contributed by atoms with Crippen LogP contribution < -0.4 is 10.7 Å². The Balaban J connectivity index is 1.98. The fraction of sp³-hybridized carbons (Fsp3) is 0.267. The van der Waals surface area contributed by atoms with Gasteiger partial charge >= 0.3 is 5.97 Å². The van der Waals surface area contributed by atoms with E-state index in [1.807, 2.05) is 0 Å². The Kier molecular flexibility index (Phi) is 7.44. The van der Waals surface area contributed by atoms with Gasteiger partial charge in [0.25, 0.3) is 0 Å². The Morgan fingerprint density at radius 3 is 2.44 bits per heavy atom. The zero-order chi connectivity index (χ0) is 28.0. The summed E-state index contributed by atoms with van der Waals surface area (Å²) in [6.07, 6.45) is 1.88. The Bertz CT molecular complexity index is 1670. The molecule has 39 heavy (non-hydrogen) atoms. The van der Waals surface area contributed by atoms with Crippen molar-refractivity contribution in [2.24, 2.45) is 0 Å². The van der Waals surface area contributed by atoms with E-state index in [2.05, 4.69) is 16.8 Å². The highest BCUT2D eigenvalue weighted by atomic mass is 35.5. The minimum atomic E-state index is -1.18. The normalized spacial score (nSPS) is 14.3. The second-order valence-electron chi connectivity index (χ2n) is 9.89. The SMILES string of the molecule is C=CCc1c2oc3c(CN4CCNCC4)c(O)c(C)cc3c(-c3cc(Cl)c(Cl)cc3C(=O)O)c-2cc(C)c1=O. The van der Waals surface area contributed by atoms with Gasteiger partial charge in [-0.25, -0.2) is 4.79 Å². The molecule has 202 valence electrons. The van der Waals surface area contributed by atoms with Crippen LogP contribution in [0.25, 0.3) is 33.4 Å². The number of carbonyl (C=O) groups is 1. The van der Waals surface area contributed by atoms with Gasteiger partial charge in [-0.3, -0.25) is 9.69 Å². The summed E-state index contributed by atoms with van der Waals surface area (Å²) in [5.41, 5.74) is 3.70. The molecule has 0 unspecified atom stereocenters. The molecule has 2 aromatic rings. The molecule has 7 nitrogen and oxygen atoms in total. The molecule has 1 aliphatic carbocycles.